The molecule has 0 radical (unpaired) electrons. The molecule has 5 N–H and O–H groups in total. The van der Waals surface area contributed by atoms with E-state index in [9.17, 15) is 4.79 Å². The van der Waals surface area contributed by atoms with E-state index < -0.39 is 5.97 Å². The van der Waals surface area contributed by atoms with Crippen LogP contribution >= 0.6 is 0 Å². The molecule has 2 fully saturated rings. The molecule has 2 saturated carbocycles. The second-order valence-corrected chi connectivity index (χ2v) is 6.13. The van der Waals surface area contributed by atoms with Gasteiger partial charge in [-0.3, -0.25) is 5.84 Å². The average Bonchev–Trinajstić information content (AvgIpc) is 2.91. The first-order valence-corrected chi connectivity index (χ1v) is 7.90. The summed E-state index contributed by atoms with van der Waals surface area (Å²) >= 11 is 0. The van der Waals surface area contributed by atoms with Crippen molar-refractivity contribution in [1.82, 2.24) is 5.43 Å². The number of hydrazine groups is 1. The molecule has 0 aliphatic heterocycles. The van der Waals surface area contributed by atoms with Crippen LogP contribution in [0.25, 0.3) is 0 Å². The molecule has 0 amide bonds. The Labute approximate surface area is 126 Å². The number of esters is 1. The molecule has 6 nitrogen and oxygen atoms in total. The zero-order valence-corrected chi connectivity index (χ0v) is 12.8. The molecule has 120 valence electrons. The quantitative estimate of drug-likeness (QED) is 0.235. The summed E-state index contributed by atoms with van der Waals surface area (Å²) in [6, 6.07) is 0. The summed E-state index contributed by atoms with van der Waals surface area (Å²) in [5.74, 6) is 4.78. The molecular weight excluding hydrogens is 270 g/mol. The predicted molar refractivity (Wildman–Crippen MR) is 79.4 cm³/mol. The van der Waals surface area contributed by atoms with Gasteiger partial charge in [0.05, 0.1) is 6.61 Å². The Morgan fingerprint density at radius 1 is 1.24 bits per heavy atom. The smallest absolute Gasteiger partial charge is 0.361 e. The highest BCUT2D eigenvalue weighted by atomic mass is 16.5. The number of ether oxygens (including phenoxy) is 2. The summed E-state index contributed by atoms with van der Waals surface area (Å²) in [5.41, 5.74) is 8.68. The van der Waals surface area contributed by atoms with Gasteiger partial charge in [-0.15, -0.1) is 0 Å². The van der Waals surface area contributed by atoms with Gasteiger partial charge >= 0.3 is 5.97 Å². The molecule has 0 bridgehead atoms. The van der Waals surface area contributed by atoms with Crippen molar-refractivity contribution in [2.75, 3.05) is 6.61 Å². The van der Waals surface area contributed by atoms with Crippen LogP contribution in [0.15, 0.2) is 11.6 Å². The van der Waals surface area contributed by atoms with E-state index in [2.05, 4.69) is 5.43 Å². The predicted octanol–water partition coefficient (Wildman–Crippen LogP) is 1.66. The van der Waals surface area contributed by atoms with Crippen LogP contribution in [-0.2, 0) is 14.3 Å². The lowest BCUT2D eigenvalue weighted by molar-refractivity contribution is -0.139. The third-order valence-corrected chi connectivity index (χ3v) is 4.82. The molecule has 0 aromatic carbocycles. The van der Waals surface area contributed by atoms with Crippen LogP contribution in [-0.4, -0.2) is 18.7 Å². The molecule has 2 rings (SSSR count). The Balaban J connectivity index is 1.90. The minimum Gasteiger partial charge on any atom is -0.474 e. The van der Waals surface area contributed by atoms with E-state index in [1.165, 1.54) is 38.5 Å². The minimum absolute atomic E-state index is 0.00185. The fourth-order valence-electron chi connectivity index (χ4n) is 3.62. The fraction of sp³-hybridized carbons (Fsp3) is 0.800. The van der Waals surface area contributed by atoms with Crippen LogP contribution < -0.4 is 17.0 Å². The third kappa shape index (κ3) is 3.81. The van der Waals surface area contributed by atoms with Gasteiger partial charge in [0, 0.05) is 0 Å². The largest absolute Gasteiger partial charge is 0.474 e. The van der Waals surface area contributed by atoms with E-state index in [1.807, 2.05) is 0 Å². The number of hydrogen-bond acceptors (Lipinski definition) is 6. The molecule has 6 heteroatoms. The topological polar surface area (TPSA) is 99.6 Å². The Morgan fingerprint density at radius 2 is 1.86 bits per heavy atom. The van der Waals surface area contributed by atoms with Gasteiger partial charge in [0.1, 0.15) is 6.10 Å². The highest BCUT2D eigenvalue weighted by Crippen LogP contribution is 2.49. The van der Waals surface area contributed by atoms with Crippen LogP contribution in [0.5, 0.6) is 0 Å². The second-order valence-electron chi connectivity index (χ2n) is 6.13. The van der Waals surface area contributed by atoms with Crippen molar-refractivity contribution in [3.8, 4) is 0 Å². The van der Waals surface area contributed by atoms with Crippen molar-refractivity contribution in [1.29, 1.82) is 0 Å². The summed E-state index contributed by atoms with van der Waals surface area (Å²) < 4.78 is 10.6. The first-order valence-electron chi connectivity index (χ1n) is 7.90. The number of nitrogens with two attached hydrogens (primary N) is 2. The van der Waals surface area contributed by atoms with Crippen LogP contribution in [0.2, 0.25) is 0 Å². The summed E-state index contributed by atoms with van der Waals surface area (Å²) in [6.07, 6.45) is 9.84. The second kappa shape index (κ2) is 7.02. The molecule has 0 atom stereocenters. The van der Waals surface area contributed by atoms with Gasteiger partial charge in [-0.05, 0) is 50.9 Å². The number of nitrogens with one attached hydrogen (secondary N) is 1. The van der Waals surface area contributed by atoms with Crippen LogP contribution in [0.3, 0.4) is 0 Å². The van der Waals surface area contributed by atoms with Crippen molar-refractivity contribution in [3.05, 3.63) is 11.6 Å². The normalized spacial score (nSPS) is 22.8. The molecule has 0 unspecified atom stereocenters. The van der Waals surface area contributed by atoms with Gasteiger partial charge in [-0.25, -0.2) is 4.79 Å². The first kappa shape index (κ1) is 15.9. The van der Waals surface area contributed by atoms with Crippen molar-refractivity contribution in [2.24, 2.45) is 17.0 Å². The lowest BCUT2D eigenvalue weighted by atomic mass is 9.72. The van der Waals surface area contributed by atoms with E-state index in [1.54, 1.807) is 6.92 Å². The van der Waals surface area contributed by atoms with Gasteiger partial charge in [-0.1, -0.05) is 12.8 Å². The Bertz CT molecular complexity index is 393. The van der Waals surface area contributed by atoms with E-state index in [0.29, 0.717) is 5.41 Å². The Hall–Kier alpha value is -1.43. The van der Waals surface area contributed by atoms with Gasteiger partial charge in [-0.2, -0.15) is 0 Å². The van der Waals surface area contributed by atoms with E-state index >= 15 is 0 Å². The summed E-state index contributed by atoms with van der Waals surface area (Å²) in [7, 11) is 0. The van der Waals surface area contributed by atoms with E-state index in [0.717, 1.165) is 12.8 Å². The monoisotopic (exact) mass is 297 g/mol. The average molecular weight is 297 g/mol. The SMILES string of the molecule is CCOC(=O)/C(NN)=C(/N)OC1CCC2(CCCC2)CC1. The standard InChI is InChI=1S/C15H27N3O3/c1-2-20-14(19)12(18-17)13(16)21-11-5-9-15(10-6-11)7-3-4-8-15/h11,18H,2-10,16-17H2,1H3/b13-12+. The maximum absolute atomic E-state index is 11.7. The highest BCUT2D eigenvalue weighted by molar-refractivity contribution is 5.88. The molecule has 21 heavy (non-hydrogen) atoms. The van der Waals surface area contributed by atoms with Crippen molar-refractivity contribution < 1.29 is 14.3 Å². The zero-order valence-electron chi connectivity index (χ0n) is 12.8. The number of hydrogen-bond donors (Lipinski definition) is 3. The van der Waals surface area contributed by atoms with Crippen LogP contribution in [0.1, 0.15) is 58.3 Å². The zero-order chi connectivity index (χ0) is 15.3. The summed E-state index contributed by atoms with van der Waals surface area (Å²) in [5, 5.41) is 0. The van der Waals surface area contributed by atoms with E-state index in [4.69, 9.17) is 21.1 Å². The van der Waals surface area contributed by atoms with E-state index in [-0.39, 0.29) is 24.3 Å². The maximum Gasteiger partial charge on any atom is 0.361 e. The van der Waals surface area contributed by atoms with Gasteiger partial charge in [0.25, 0.3) is 0 Å². The van der Waals surface area contributed by atoms with Gasteiger partial charge in [0.15, 0.2) is 5.70 Å². The van der Waals surface area contributed by atoms with Crippen molar-refractivity contribution in [3.63, 3.8) is 0 Å². The van der Waals surface area contributed by atoms with Crippen molar-refractivity contribution >= 4 is 5.97 Å². The van der Waals surface area contributed by atoms with Crippen molar-refractivity contribution in [2.45, 2.75) is 64.4 Å². The maximum atomic E-state index is 11.7. The van der Waals surface area contributed by atoms with Gasteiger partial charge < -0.3 is 20.6 Å². The minimum atomic E-state index is -0.583. The van der Waals surface area contributed by atoms with Crippen LogP contribution in [0, 0.1) is 5.41 Å². The summed E-state index contributed by atoms with van der Waals surface area (Å²) in [4.78, 5) is 11.7. The highest BCUT2D eigenvalue weighted by Gasteiger charge is 2.38. The molecular formula is C15H27N3O3. The molecule has 0 saturated heterocycles. The van der Waals surface area contributed by atoms with Gasteiger partial charge in [0.2, 0.25) is 5.88 Å². The summed E-state index contributed by atoms with van der Waals surface area (Å²) in [6.45, 7) is 1.99. The van der Waals surface area contributed by atoms with Crippen LogP contribution in [0.4, 0.5) is 0 Å². The first-order chi connectivity index (χ1) is 10.1. The Morgan fingerprint density at radius 3 is 2.38 bits per heavy atom. The lowest BCUT2D eigenvalue weighted by Crippen LogP contribution is -2.35. The molecule has 2 aliphatic rings. The Kier molecular flexibility index (Phi) is 5.33. The fourth-order valence-corrected chi connectivity index (χ4v) is 3.62. The number of carbonyl (C=O) groups is 1. The number of rotatable bonds is 5. The number of carbonyl (C=O) groups excluding carboxylic acids is 1. The lowest BCUT2D eigenvalue weighted by Gasteiger charge is -2.37. The molecule has 2 aliphatic carbocycles. The third-order valence-electron chi connectivity index (χ3n) is 4.82. The molecule has 1 spiro atoms. The molecule has 0 aromatic heterocycles. The molecule has 0 heterocycles. The molecule has 0 aromatic rings.